The highest BCUT2D eigenvalue weighted by Crippen LogP contribution is 2.49. The van der Waals surface area contributed by atoms with Gasteiger partial charge in [-0.05, 0) is 42.0 Å². The van der Waals surface area contributed by atoms with Crippen molar-refractivity contribution in [1.29, 1.82) is 0 Å². The van der Waals surface area contributed by atoms with Gasteiger partial charge in [0, 0.05) is 14.5 Å². The first-order chi connectivity index (χ1) is 13.8. The van der Waals surface area contributed by atoms with Crippen LogP contribution in [0.2, 0.25) is 0 Å². The van der Waals surface area contributed by atoms with Gasteiger partial charge in [-0.25, -0.2) is 4.79 Å². The number of hydrogen-bond acceptors (Lipinski definition) is 2. The molecule has 1 aliphatic heterocycles. The van der Waals surface area contributed by atoms with Gasteiger partial charge >= 0.3 is 18.3 Å². The van der Waals surface area contributed by atoms with Gasteiger partial charge in [-0.15, -0.1) is 0 Å². The van der Waals surface area contributed by atoms with Gasteiger partial charge in [0.1, 0.15) is 0 Å². The van der Waals surface area contributed by atoms with Crippen molar-refractivity contribution in [2.45, 2.75) is 18.0 Å². The predicted octanol–water partition coefficient (Wildman–Crippen LogP) is 7.10. The molecule has 0 fully saturated rings. The maximum atomic E-state index is 13.9. The number of carbonyl (C=O) groups is 1. The van der Waals surface area contributed by atoms with Crippen LogP contribution in [0.4, 0.5) is 26.3 Å². The van der Waals surface area contributed by atoms with Crippen LogP contribution >= 0.6 is 31.9 Å². The third-order valence-electron chi connectivity index (χ3n) is 4.30. The van der Waals surface area contributed by atoms with Crippen LogP contribution in [-0.4, -0.2) is 18.3 Å². The number of benzene rings is 2. The minimum atomic E-state index is -5.10. The average molecular weight is 556 g/mol. The van der Waals surface area contributed by atoms with Crippen LogP contribution in [0.25, 0.3) is 5.57 Å². The Kier molecular flexibility index (Phi) is 5.94. The smallest absolute Gasteiger partial charge is 0.436 e. The Bertz CT molecular complexity index is 1020. The maximum absolute atomic E-state index is 13.9. The van der Waals surface area contributed by atoms with E-state index < -0.39 is 40.6 Å². The molecule has 2 aromatic carbocycles. The minimum absolute atomic E-state index is 0.312. The molecule has 0 amide bonds. The van der Waals surface area contributed by atoms with E-state index in [-0.39, 0.29) is 5.56 Å². The molecule has 10 heteroatoms. The van der Waals surface area contributed by atoms with Crippen molar-refractivity contribution in [3.63, 3.8) is 0 Å². The van der Waals surface area contributed by atoms with Gasteiger partial charge in [0.15, 0.2) is 0 Å². The van der Waals surface area contributed by atoms with Crippen molar-refractivity contribution < 1.29 is 35.9 Å². The number of hydrogen-bond donors (Lipinski definition) is 0. The van der Waals surface area contributed by atoms with Crippen LogP contribution < -0.4 is 0 Å². The fraction of sp³-hybridized carbons (Fsp3) is 0.150. The highest BCUT2D eigenvalue weighted by atomic mass is 79.9. The Hall–Kier alpha value is -2.07. The van der Waals surface area contributed by atoms with Crippen LogP contribution in [-0.2, 0) is 15.1 Å². The van der Waals surface area contributed by atoms with Crippen molar-refractivity contribution in [1.82, 2.24) is 0 Å². The van der Waals surface area contributed by atoms with Gasteiger partial charge in [-0.1, -0.05) is 56.1 Å². The molecule has 1 unspecified atom stereocenters. The highest BCUT2D eigenvalue weighted by molar-refractivity contribution is 9.10. The molecule has 2 nitrogen and oxygen atoms in total. The van der Waals surface area contributed by atoms with Gasteiger partial charge in [-0.2, -0.15) is 26.3 Å². The molecule has 0 bridgehead atoms. The molecule has 0 N–H and O–H groups in total. The predicted molar refractivity (Wildman–Crippen MR) is 104 cm³/mol. The summed E-state index contributed by atoms with van der Waals surface area (Å²) in [5.41, 5.74) is -6.05. The molecule has 1 heterocycles. The molecule has 0 aromatic heterocycles. The molecule has 0 saturated heterocycles. The molecule has 0 radical (unpaired) electrons. The molecule has 0 saturated carbocycles. The minimum Gasteiger partial charge on any atom is -0.436 e. The molecule has 158 valence electrons. The number of halogens is 8. The lowest BCUT2D eigenvalue weighted by Crippen LogP contribution is -2.41. The third-order valence-corrected chi connectivity index (χ3v) is 5.36. The topological polar surface area (TPSA) is 26.3 Å². The monoisotopic (exact) mass is 554 g/mol. The molecular formula is C20H10Br2F6O2. The number of alkyl halides is 6. The van der Waals surface area contributed by atoms with Crippen LogP contribution in [0.15, 0.2) is 75.2 Å². The van der Waals surface area contributed by atoms with E-state index in [1.807, 2.05) is 0 Å². The van der Waals surface area contributed by atoms with E-state index in [1.54, 1.807) is 0 Å². The quantitative estimate of drug-likeness (QED) is 0.298. The fourth-order valence-corrected chi connectivity index (χ4v) is 3.40. The van der Waals surface area contributed by atoms with Gasteiger partial charge in [0.2, 0.25) is 0 Å². The van der Waals surface area contributed by atoms with Gasteiger partial charge in [0.25, 0.3) is 5.60 Å². The highest BCUT2D eigenvalue weighted by Gasteiger charge is 2.61. The first-order valence-electron chi connectivity index (χ1n) is 8.17. The molecule has 1 aliphatic rings. The number of cyclic esters (lactones) is 1. The maximum Gasteiger partial charge on any atom is 0.436 e. The standard InChI is InChI=1S/C20H10Br2F6O2/c21-14-5-1-11(2-6-14)16(19(23,24)25)9-12-10-18(20(26,27)28,30-17(12)29)13-3-7-15(22)8-4-13/h1-10H/b16-9+. The van der Waals surface area contributed by atoms with Gasteiger partial charge in [-0.3, -0.25) is 0 Å². The van der Waals surface area contributed by atoms with Gasteiger partial charge < -0.3 is 4.74 Å². The molecular weight excluding hydrogens is 546 g/mol. The summed E-state index contributed by atoms with van der Waals surface area (Å²) in [7, 11) is 0. The van der Waals surface area contributed by atoms with E-state index in [0.29, 0.717) is 21.1 Å². The van der Waals surface area contributed by atoms with E-state index in [4.69, 9.17) is 0 Å². The van der Waals surface area contributed by atoms with E-state index >= 15 is 0 Å². The number of rotatable bonds is 3. The van der Waals surface area contributed by atoms with E-state index in [2.05, 4.69) is 36.6 Å². The van der Waals surface area contributed by atoms with Crippen LogP contribution in [0, 0.1) is 0 Å². The number of allylic oxidation sites excluding steroid dienone is 1. The summed E-state index contributed by atoms with van der Waals surface area (Å²) in [6.07, 6.45) is -9.26. The number of esters is 1. The SMILES string of the molecule is O=C1OC(c2ccc(Br)cc2)(C(F)(F)F)C=C1/C=C(\c1ccc(Br)cc1)C(F)(F)F. The summed E-state index contributed by atoms with van der Waals surface area (Å²) in [6.45, 7) is 0. The van der Waals surface area contributed by atoms with E-state index in [1.165, 1.54) is 24.3 Å². The van der Waals surface area contributed by atoms with Gasteiger partial charge in [0.05, 0.1) is 11.1 Å². The number of ether oxygens (including phenoxy) is 1. The second kappa shape index (κ2) is 7.88. The van der Waals surface area contributed by atoms with Crippen molar-refractivity contribution in [2.24, 2.45) is 0 Å². The summed E-state index contributed by atoms with van der Waals surface area (Å²) < 4.78 is 88.1. The Morgan fingerprint density at radius 3 is 1.83 bits per heavy atom. The third kappa shape index (κ3) is 4.34. The summed E-state index contributed by atoms with van der Waals surface area (Å²) in [6, 6.07) is 9.73. The lowest BCUT2D eigenvalue weighted by Gasteiger charge is -2.29. The summed E-state index contributed by atoms with van der Waals surface area (Å²) in [5.74, 6) is -1.51. The van der Waals surface area contributed by atoms with E-state index in [0.717, 1.165) is 24.3 Å². The molecule has 3 rings (SSSR count). The van der Waals surface area contributed by atoms with E-state index in [9.17, 15) is 31.1 Å². The van der Waals surface area contributed by atoms with Crippen molar-refractivity contribution in [3.05, 3.63) is 86.3 Å². The number of carbonyl (C=O) groups excluding carboxylic acids is 1. The molecule has 0 spiro atoms. The Labute approximate surface area is 183 Å². The zero-order valence-electron chi connectivity index (χ0n) is 14.6. The second-order valence-electron chi connectivity index (χ2n) is 6.29. The molecule has 1 atom stereocenters. The first kappa shape index (κ1) is 22.6. The largest absolute Gasteiger partial charge is 0.436 e. The van der Waals surface area contributed by atoms with Crippen molar-refractivity contribution in [3.8, 4) is 0 Å². The molecule has 30 heavy (non-hydrogen) atoms. The first-order valence-corrected chi connectivity index (χ1v) is 9.76. The van der Waals surface area contributed by atoms with Crippen molar-refractivity contribution >= 4 is 43.4 Å². The summed E-state index contributed by atoms with van der Waals surface area (Å²) >= 11 is 6.18. The fourth-order valence-electron chi connectivity index (χ4n) is 2.87. The average Bonchev–Trinajstić information content (AvgIpc) is 2.98. The zero-order chi connectivity index (χ0) is 22.3. The molecule has 2 aromatic rings. The lowest BCUT2D eigenvalue weighted by atomic mass is 9.91. The Morgan fingerprint density at radius 2 is 1.37 bits per heavy atom. The zero-order valence-corrected chi connectivity index (χ0v) is 17.8. The van der Waals surface area contributed by atoms with Crippen LogP contribution in [0.1, 0.15) is 11.1 Å². The summed E-state index contributed by atoms with van der Waals surface area (Å²) in [5, 5.41) is 0. The Morgan fingerprint density at radius 1 is 0.867 bits per heavy atom. The summed E-state index contributed by atoms with van der Waals surface area (Å²) in [4.78, 5) is 12.2. The van der Waals surface area contributed by atoms with Crippen LogP contribution in [0.5, 0.6) is 0 Å². The van der Waals surface area contributed by atoms with Crippen LogP contribution in [0.3, 0.4) is 0 Å². The normalized spacial score (nSPS) is 20.2. The van der Waals surface area contributed by atoms with Crippen molar-refractivity contribution in [2.75, 3.05) is 0 Å². The Balaban J connectivity index is 2.18. The second-order valence-corrected chi connectivity index (χ2v) is 8.12. The lowest BCUT2D eigenvalue weighted by molar-refractivity contribution is -0.250. The molecule has 0 aliphatic carbocycles.